The Hall–Kier alpha value is -1.13. The first-order valence-corrected chi connectivity index (χ1v) is 9.91. The number of ether oxygens (including phenoxy) is 1. The smallest absolute Gasteiger partial charge is 0.294 e. The molecule has 2 rings (SSSR count). The molecule has 0 N–H and O–H groups in total. The summed E-state index contributed by atoms with van der Waals surface area (Å²) in [6, 6.07) is 6.19. The van der Waals surface area contributed by atoms with Gasteiger partial charge in [-0.15, -0.1) is 0 Å². The minimum absolute atomic E-state index is 0.103. The third-order valence-electron chi connectivity index (χ3n) is 3.68. The van der Waals surface area contributed by atoms with Crippen molar-refractivity contribution in [3.05, 3.63) is 30.0 Å². The van der Waals surface area contributed by atoms with Crippen molar-refractivity contribution in [2.45, 2.75) is 46.3 Å². The van der Waals surface area contributed by atoms with Gasteiger partial charge in [0, 0.05) is 18.1 Å². The van der Waals surface area contributed by atoms with Gasteiger partial charge in [-0.1, -0.05) is 0 Å². The Morgan fingerprint density at radius 2 is 1.72 bits per heavy atom. The second-order valence-electron chi connectivity index (χ2n) is 6.98. The van der Waals surface area contributed by atoms with Gasteiger partial charge in [-0.2, -0.15) is 0 Å². The van der Waals surface area contributed by atoms with Gasteiger partial charge >= 0.3 is 0 Å². The number of methoxy groups -OCH3 is 1. The molecular formula is C19H31N2O3P. The van der Waals surface area contributed by atoms with Gasteiger partial charge in [0.2, 0.25) is 0 Å². The fourth-order valence-corrected chi connectivity index (χ4v) is 4.11. The van der Waals surface area contributed by atoms with Crippen LogP contribution in [0.25, 0.3) is 10.9 Å². The van der Waals surface area contributed by atoms with E-state index in [1.54, 1.807) is 7.11 Å². The fourth-order valence-electron chi connectivity index (χ4n) is 2.55. The molecular weight excluding hydrogens is 335 g/mol. The monoisotopic (exact) mass is 366 g/mol. The summed E-state index contributed by atoms with van der Waals surface area (Å²) >= 11 is 0. The zero-order chi connectivity index (χ0) is 18.6. The molecule has 0 saturated carbocycles. The Bertz CT molecular complexity index is 673. The lowest BCUT2D eigenvalue weighted by atomic mass is 10.1. The van der Waals surface area contributed by atoms with E-state index in [2.05, 4.69) is 41.7 Å². The summed E-state index contributed by atoms with van der Waals surface area (Å²) in [4.78, 5) is 2.20. The molecule has 0 bridgehead atoms. The van der Waals surface area contributed by atoms with Crippen molar-refractivity contribution in [3.8, 4) is 5.75 Å². The number of likely N-dealkylation sites (N-methyl/N-ethyl adjacent to an activating group) is 1. The van der Waals surface area contributed by atoms with Crippen LogP contribution < -0.4 is 4.74 Å². The summed E-state index contributed by atoms with van der Waals surface area (Å²) in [6.07, 6.45) is 3.36. The summed E-state index contributed by atoms with van der Waals surface area (Å²) in [6.45, 7) is 9.16. The maximum atomic E-state index is 6.11. The van der Waals surface area contributed by atoms with E-state index in [1.807, 2.05) is 33.8 Å². The van der Waals surface area contributed by atoms with E-state index in [0.29, 0.717) is 0 Å². The highest BCUT2D eigenvalue weighted by Gasteiger charge is 2.22. The number of rotatable bonds is 9. The highest BCUT2D eigenvalue weighted by Crippen LogP contribution is 2.46. The van der Waals surface area contributed by atoms with Crippen molar-refractivity contribution in [1.29, 1.82) is 0 Å². The fraction of sp³-hybridized carbons (Fsp3) is 0.579. The Morgan fingerprint density at radius 1 is 1.08 bits per heavy atom. The molecule has 0 unspecified atom stereocenters. The van der Waals surface area contributed by atoms with Crippen molar-refractivity contribution in [3.63, 3.8) is 0 Å². The maximum Gasteiger partial charge on any atom is 0.294 e. The SMILES string of the molecule is COc1ccc2c(c1)c(CCN(C)C)cn2P(OC(C)C)OC(C)C. The van der Waals surface area contributed by atoms with Crippen molar-refractivity contribution in [2.75, 3.05) is 27.7 Å². The lowest BCUT2D eigenvalue weighted by Crippen LogP contribution is -2.14. The molecule has 0 spiro atoms. The van der Waals surface area contributed by atoms with Crippen LogP contribution in [0.5, 0.6) is 5.75 Å². The second kappa shape index (κ2) is 9.00. The van der Waals surface area contributed by atoms with Gasteiger partial charge in [-0.05, 0) is 72.0 Å². The molecule has 1 aromatic heterocycles. The lowest BCUT2D eigenvalue weighted by Gasteiger charge is -2.23. The Labute approximate surface area is 152 Å². The van der Waals surface area contributed by atoms with Crippen LogP contribution in [0.3, 0.4) is 0 Å². The molecule has 2 aromatic rings. The first-order chi connectivity index (χ1) is 11.8. The maximum absolute atomic E-state index is 6.11. The molecule has 6 heteroatoms. The highest BCUT2D eigenvalue weighted by atomic mass is 31.2. The summed E-state index contributed by atoms with van der Waals surface area (Å²) in [5.74, 6) is 0.871. The summed E-state index contributed by atoms with van der Waals surface area (Å²) in [5.41, 5.74) is 2.41. The number of hydrogen-bond donors (Lipinski definition) is 0. The molecule has 0 aliphatic heterocycles. The van der Waals surface area contributed by atoms with E-state index in [1.165, 1.54) is 10.9 Å². The van der Waals surface area contributed by atoms with Crippen LogP contribution in [0.1, 0.15) is 33.3 Å². The van der Waals surface area contributed by atoms with Crippen molar-refractivity contribution in [2.24, 2.45) is 0 Å². The molecule has 1 heterocycles. The summed E-state index contributed by atoms with van der Waals surface area (Å²) < 4.78 is 19.8. The molecule has 0 amide bonds. The van der Waals surface area contributed by atoms with Crippen LogP contribution in [0.4, 0.5) is 0 Å². The number of hydrogen-bond acceptors (Lipinski definition) is 4. The van der Waals surface area contributed by atoms with Gasteiger partial charge in [0.25, 0.3) is 8.53 Å². The van der Waals surface area contributed by atoms with Crippen LogP contribution in [0.2, 0.25) is 0 Å². The quantitative estimate of drug-likeness (QED) is 0.604. The van der Waals surface area contributed by atoms with Gasteiger partial charge in [-0.25, -0.2) is 0 Å². The van der Waals surface area contributed by atoms with Gasteiger partial charge in [0.05, 0.1) is 24.8 Å². The van der Waals surface area contributed by atoms with Crippen molar-refractivity contribution < 1.29 is 13.8 Å². The van der Waals surface area contributed by atoms with Crippen molar-refractivity contribution >= 4 is 19.4 Å². The molecule has 140 valence electrons. The molecule has 1 aromatic carbocycles. The molecule has 0 aliphatic carbocycles. The molecule has 0 radical (unpaired) electrons. The molecule has 0 saturated heterocycles. The van der Waals surface area contributed by atoms with Crippen LogP contribution in [-0.2, 0) is 15.5 Å². The topological polar surface area (TPSA) is 35.9 Å². The average Bonchev–Trinajstić information content (AvgIpc) is 2.89. The Kier molecular flexibility index (Phi) is 7.26. The van der Waals surface area contributed by atoms with Crippen LogP contribution in [0.15, 0.2) is 24.4 Å². The van der Waals surface area contributed by atoms with Gasteiger partial charge < -0.3 is 18.7 Å². The van der Waals surface area contributed by atoms with E-state index < -0.39 is 8.53 Å². The summed E-state index contributed by atoms with van der Waals surface area (Å²) in [7, 11) is 4.70. The molecule has 0 atom stereocenters. The normalized spacial score (nSPS) is 12.3. The van der Waals surface area contributed by atoms with Gasteiger partial charge in [0.15, 0.2) is 0 Å². The van der Waals surface area contributed by atoms with E-state index in [4.69, 9.17) is 13.8 Å². The Morgan fingerprint density at radius 3 is 2.24 bits per heavy atom. The predicted molar refractivity (Wildman–Crippen MR) is 106 cm³/mol. The number of aromatic nitrogens is 1. The average molecular weight is 366 g/mol. The van der Waals surface area contributed by atoms with E-state index in [-0.39, 0.29) is 12.2 Å². The number of fused-ring (bicyclic) bond motifs is 1. The third-order valence-corrected chi connectivity index (χ3v) is 5.57. The molecule has 0 aliphatic rings. The largest absolute Gasteiger partial charge is 0.497 e. The highest BCUT2D eigenvalue weighted by molar-refractivity contribution is 7.45. The molecule has 5 nitrogen and oxygen atoms in total. The second-order valence-corrected chi connectivity index (χ2v) is 8.31. The number of benzene rings is 1. The van der Waals surface area contributed by atoms with E-state index in [9.17, 15) is 0 Å². The summed E-state index contributed by atoms with van der Waals surface area (Å²) in [5, 5.41) is 1.20. The van der Waals surface area contributed by atoms with Gasteiger partial charge in [0.1, 0.15) is 5.75 Å². The third kappa shape index (κ3) is 5.42. The zero-order valence-corrected chi connectivity index (χ0v) is 17.3. The first kappa shape index (κ1) is 20.2. The van der Waals surface area contributed by atoms with Gasteiger partial charge in [-0.3, -0.25) is 4.34 Å². The van der Waals surface area contributed by atoms with Crippen molar-refractivity contribution in [1.82, 2.24) is 9.24 Å². The van der Waals surface area contributed by atoms with Crippen LogP contribution in [-0.4, -0.2) is 49.2 Å². The van der Waals surface area contributed by atoms with Crippen LogP contribution >= 0.6 is 8.53 Å². The van der Waals surface area contributed by atoms with E-state index >= 15 is 0 Å². The first-order valence-electron chi connectivity index (χ1n) is 8.78. The lowest BCUT2D eigenvalue weighted by molar-refractivity contribution is 0.173. The minimum Gasteiger partial charge on any atom is -0.497 e. The molecule has 25 heavy (non-hydrogen) atoms. The number of nitrogens with zero attached hydrogens (tertiary/aromatic N) is 2. The standard InChI is InChI=1S/C19H31N2O3P/c1-14(2)23-25(24-15(3)4)21-13-16(10-11-20(5)6)18-12-17(22-7)8-9-19(18)21/h8-9,12-15H,10-11H2,1-7H3. The molecule has 0 fully saturated rings. The van der Waals surface area contributed by atoms with Crippen LogP contribution in [0, 0.1) is 0 Å². The predicted octanol–water partition coefficient (Wildman–Crippen LogP) is 4.68. The minimum atomic E-state index is -1.19. The van der Waals surface area contributed by atoms with E-state index in [0.717, 1.165) is 24.2 Å². The Balaban J connectivity index is 2.49. The zero-order valence-electron chi connectivity index (χ0n) is 16.4.